The summed E-state index contributed by atoms with van der Waals surface area (Å²) in [4.78, 5) is 30.4. The summed E-state index contributed by atoms with van der Waals surface area (Å²) in [6, 6.07) is 18.4. The van der Waals surface area contributed by atoms with E-state index in [9.17, 15) is 14.7 Å². The molecule has 0 saturated heterocycles. The summed E-state index contributed by atoms with van der Waals surface area (Å²) in [6.45, 7) is 1.57. The van der Waals surface area contributed by atoms with Crippen LogP contribution in [-0.2, 0) is 15.0 Å². The third-order valence-corrected chi connectivity index (χ3v) is 5.72. The number of carbonyl (C=O) groups is 2. The van der Waals surface area contributed by atoms with Crippen LogP contribution in [0.1, 0.15) is 18.9 Å². The molecule has 2 aromatic heterocycles. The molecule has 4 rings (SSSR count). The van der Waals surface area contributed by atoms with Crippen molar-refractivity contribution in [2.75, 3.05) is 5.32 Å². The Hall–Kier alpha value is -3.45. The lowest BCUT2D eigenvalue weighted by molar-refractivity contribution is -0.145. The Labute approximate surface area is 171 Å². The molecule has 0 aliphatic heterocycles. The zero-order valence-corrected chi connectivity index (χ0v) is 16.5. The number of imidazole rings is 1. The van der Waals surface area contributed by atoms with Crippen molar-refractivity contribution in [1.29, 1.82) is 0 Å². The van der Waals surface area contributed by atoms with E-state index in [0.29, 0.717) is 17.1 Å². The molecule has 0 radical (unpaired) electrons. The van der Waals surface area contributed by atoms with Crippen molar-refractivity contribution in [3.63, 3.8) is 0 Å². The summed E-state index contributed by atoms with van der Waals surface area (Å²) in [6.07, 6.45) is 1.64. The van der Waals surface area contributed by atoms with Gasteiger partial charge < -0.3 is 10.4 Å². The normalized spacial score (nSPS) is 13.1. The van der Waals surface area contributed by atoms with Crippen molar-refractivity contribution in [3.8, 4) is 11.3 Å². The highest BCUT2D eigenvalue weighted by Crippen LogP contribution is 2.32. The molecule has 146 valence electrons. The number of thiazole rings is 1. The number of fused-ring (bicyclic) bond motifs is 1. The fraction of sp³-hybridized carbons (Fsp3) is 0.136. The number of aliphatic carboxylic acids is 1. The quantitative estimate of drug-likeness (QED) is 0.497. The summed E-state index contributed by atoms with van der Waals surface area (Å²) < 4.78 is 1.81. The molecule has 1 atom stereocenters. The van der Waals surface area contributed by atoms with E-state index in [1.807, 2.05) is 52.4 Å². The summed E-state index contributed by atoms with van der Waals surface area (Å²) in [5, 5.41) is 14.6. The molecular formula is C22H19N3O3S. The molecule has 0 unspecified atom stereocenters. The van der Waals surface area contributed by atoms with Gasteiger partial charge in [-0.05, 0) is 12.5 Å². The van der Waals surface area contributed by atoms with Gasteiger partial charge in [0, 0.05) is 23.6 Å². The van der Waals surface area contributed by atoms with Gasteiger partial charge in [0.2, 0.25) is 5.91 Å². The van der Waals surface area contributed by atoms with Gasteiger partial charge in [-0.2, -0.15) is 0 Å². The van der Waals surface area contributed by atoms with Crippen LogP contribution in [-0.4, -0.2) is 26.4 Å². The summed E-state index contributed by atoms with van der Waals surface area (Å²) in [5.74, 6) is -0.890. The SMILES string of the molecule is C[C@@](CC(=O)Nc1c(-c2ccccc2)nc2sccn12)(C(=O)O)c1ccccc1. The standard InChI is InChI=1S/C22H19N3O3S/c1-22(20(27)28,16-10-6-3-7-11-16)14-17(26)23-19-18(15-8-4-2-5-9-15)24-21-25(19)12-13-29-21/h2-13H,14H2,1H3,(H,23,26)(H,27,28)/t22-/m0/s1. The Kier molecular flexibility index (Phi) is 4.90. The predicted molar refractivity (Wildman–Crippen MR) is 113 cm³/mol. The molecule has 6 nitrogen and oxygen atoms in total. The lowest BCUT2D eigenvalue weighted by atomic mass is 9.79. The van der Waals surface area contributed by atoms with Crippen LogP contribution in [0, 0.1) is 0 Å². The van der Waals surface area contributed by atoms with E-state index in [4.69, 9.17) is 0 Å². The third-order valence-electron chi connectivity index (χ3n) is 4.96. The molecule has 1 amide bonds. The maximum absolute atomic E-state index is 12.9. The van der Waals surface area contributed by atoms with E-state index in [1.165, 1.54) is 11.3 Å². The average molecular weight is 405 g/mol. The van der Waals surface area contributed by atoms with Crippen LogP contribution in [0.15, 0.2) is 72.2 Å². The highest BCUT2D eigenvalue weighted by Gasteiger charge is 2.37. The maximum Gasteiger partial charge on any atom is 0.314 e. The number of nitrogens with one attached hydrogen (secondary N) is 1. The summed E-state index contributed by atoms with van der Waals surface area (Å²) in [5.41, 5.74) is 0.779. The highest BCUT2D eigenvalue weighted by atomic mass is 32.1. The highest BCUT2D eigenvalue weighted by molar-refractivity contribution is 7.15. The van der Waals surface area contributed by atoms with Gasteiger partial charge in [-0.1, -0.05) is 60.7 Å². The third kappa shape index (κ3) is 3.52. The van der Waals surface area contributed by atoms with Crippen molar-refractivity contribution < 1.29 is 14.7 Å². The summed E-state index contributed by atoms with van der Waals surface area (Å²) in [7, 11) is 0. The Bertz CT molecular complexity index is 1170. The zero-order chi connectivity index (χ0) is 20.4. The zero-order valence-electron chi connectivity index (χ0n) is 15.7. The van der Waals surface area contributed by atoms with Gasteiger partial charge in [-0.25, -0.2) is 4.98 Å². The molecule has 0 bridgehead atoms. The number of benzene rings is 2. The number of carbonyl (C=O) groups excluding carboxylic acids is 1. The maximum atomic E-state index is 12.9. The van der Waals surface area contributed by atoms with E-state index >= 15 is 0 Å². The second-order valence-corrected chi connectivity index (χ2v) is 7.83. The van der Waals surface area contributed by atoms with Gasteiger partial charge >= 0.3 is 5.97 Å². The van der Waals surface area contributed by atoms with Crippen molar-refractivity contribution in [2.45, 2.75) is 18.8 Å². The molecule has 0 spiro atoms. The van der Waals surface area contributed by atoms with Crippen LogP contribution < -0.4 is 5.32 Å². The van der Waals surface area contributed by atoms with Crippen molar-refractivity contribution in [2.24, 2.45) is 0 Å². The molecular weight excluding hydrogens is 386 g/mol. The number of carboxylic acids is 1. The molecule has 0 saturated carbocycles. The van der Waals surface area contributed by atoms with Crippen LogP contribution in [0.5, 0.6) is 0 Å². The average Bonchev–Trinajstić information content (AvgIpc) is 3.32. The summed E-state index contributed by atoms with van der Waals surface area (Å²) >= 11 is 1.47. The van der Waals surface area contributed by atoms with E-state index in [-0.39, 0.29) is 12.3 Å². The first-order valence-corrected chi connectivity index (χ1v) is 9.97. The first-order chi connectivity index (χ1) is 14.0. The monoisotopic (exact) mass is 405 g/mol. The number of anilines is 1. The number of hydrogen-bond acceptors (Lipinski definition) is 4. The van der Waals surface area contributed by atoms with Crippen molar-refractivity contribution in [3.05, 3.63) is 77.8 Å². The minimum absolute atomic E-state index is 0.196. The predicted octanol–water partition coefficient (Wildman–Crippen LogP) is 4.43. The largest absolute Gasteiger partial charge is 0.481 e. The fourth-order valence-electron chi connectivity index (χ4n) is 3.31. The molecule has 2 N–H and O–H groups in total. The number of rotatable bonds is 6. The Morgan fingerprint density at radius 1 is 1.10 bits per heavy atom. The van der Waals surface area contributed by atoms with Crippen LogP contribution in [0.3, 0.4) is 0 Å². The molecule has 4 aromatic rings. The van der Waals surface area contributed by atoms with Gasteiger partial charge in [0.1, 0.15) is 11.5 Å². The van der Waals surface area contributed by atoms with Crippen LogP contribution in [0.2, 0.25) is 0 Å². The van der Waals surface area contributed by atoms with E-state index in [2.05, 4.69) is 10.3 Å². The fourth-order valence-corrected chi connectivity index (χ4v) is 4.02. The van der Waals surface area contributed by atoms with Gasteiger partial charge in [0.05, 0.1) is 5.41 Å². The molecule has 29 heavy (non-hydrogen) atoms. The second kappa shape index (κ2) is 7.52. The number of hydrogen-bond donors (Lipinski definition) is 2. The molecule has 0 fully saturated rings. The number of aromatic nitrogens is 2. The molecule has 2 aromatic carbocycles. The van der Waals surface area contributed by atoms with E-state index in [1.54, 1.807) is 31.2 Å². The number of nitrogens with zero attached hydrogens (tertiary/aromatic N) is 2. The number of amides is 1. The van der Waals surface area contributed by atoms with Crippen molar-refractivity contribution in [1.82, 2.24) is 9.38 Å². The minimum Gasteiger partial charge on any atom is -0.481 e. The Morgan fingerprint density at radius 3 is 2.41 bits per heavy atom. The van der Waals surface area contributed by atoms with Gasteiger partial charge in [-0.3, -0.25) is 14.0 Å². The van der Waals surface area contributed by atoms with Crippen LogP contribution >= 0.6 is 11.3 Å². The second-order valence-electron chi connectivity index (χ2n) is 6.96. The van der Waals surface area contributed by atoms with E-state index in [0.717, 1.165) is 10.5 Å². The topological polar surface area (TPSA) is 83.7 Å². The lowest BCUT2D eigenvalue weighted by Crippen LogP contribution is -2.36. The van der Waals surface area contributed by atoms with Gasteiger partial charge in [0.15, 0.2) is 4.96 Å². The Morgan fingerprint density at radius 2 is 1.76 bits per heavy atom. The number of carboxylic acid groups (broad SMARTS) is 1. The first kappa shape index (κ1) is 18.9. The lowest BCUT2D eigenvalue weighted by Gasteiger charge is -2.24. The van der Waals surface area contributed by atoms with E-state index < -0.39 is 11.4 Å². The molecule has 7 heteroatoms. The molecule has 0 aliphatic rings. The molecule has 2 heterocycles. The minimum atomic E-state index is -1.34. The van der Waals surface area contributed by atoms with Crippen molar-refractivity contribution >= 4 is 34.0 Å². The van der Waals surface area contributed by atoms with Gasteiger partial charge in [-0.15, -0.1) is 11.3 Å². The molecule has 0 aliphatic carbocycles. The smallest absolute Gasteiger partial charge is 0.314 e. The van der Waals surface area contributed by atoms with Crippen LogP contribution in [0.25, 0.3) is 16.2 Å². The first-order valence-electron chi connectivity index (χ1n) is 9.09. The van der Waals surface area contributed by atoms with Crippen LogP contribution in [0.4, 0.5) is 5.82 Å². The Balaban J connectivity index is 1.67. The van der Waals surface area contributed by atoms with Gasteiger partial charge in [0.25, 0.3) is 0 Å².